The van der Waals surface area contributed by atoms with E-state index >= 15 is 0 Å². The Kier molecular flexibility index (Phi) is 7.21. The number of rotatable bonds is 8. The van der Waals surface area contributed by atoms with Gasteiger partial charge in [-0.2, -0.15) is 0 Å². The van der Waals surface area contributed by atoms with Gasteiger partial charge >= 0.3 is 5.97 Å². The van der Waals surface area contributed by atoms with E-state index in [0.29, 0.717) is 24.7 Å². The molecule has 0 spiro atoms. The Labute approximate surface area is 142 Å². The first-order valence-electron chi connectivity index (χ1n) is 8.15. The Hall–Kier alpha value is -1.92. The number of ether oxygens (including phenoxy) is 3. The summed E-state index contributed by atoms with van der Waals surface area (Å²) in [6.45, 7) is 2.52. The Balaban J connectivity index is 1.81. The van der Waals surface area contributed by atoms with Gasteiger partial charge in [0.25, 0.3) is 0 Å². The van der Waals surface area contributed by atoms with Gasteiger partial charge in [-0.25, -0.2) is 4.79 Å². The molecule has 1 aliphatic rings. The van der Waals surface area contributed by atoms with Gasteiger partial charge in [-0.05, 0) is 36.5 Å². The summed E-state index contributed by atoms with van der Waals surface area (Å²) >= 11 is 0. The number of hydrogen-bond acceptors (Lipinski definition) is 5. The van der Waals surface area contributed by atoms with Crippen molar-refractivity contribution in [2.24, 2.45) is 5.92 Å². The summed E-state index contributed by atoms with van der Waals surface area (Å²) in [7, 11) is 2.98. The SMILES string of the molecule is COCCOCC(=O)N1CCC(Cc2cccc(C(=O)OC)c2)C1. The van der Waals surface area contributed by atoms with E-state index in [0.717, 1.165) is 31.5 Å². The molecule has 0 N–H and O–H groups in total. The molecule has 0 aromatic heterocycles. The molecule has 132 valence electrons. The second-order valence-corrected chi connectivity index (χ2v) is 5.94. The number of benzene rings is 1. The van der Waals surface area contributed by atoms with Crippen LogP contribution in [-0.4, -0.2) is 63.9 Å². The van der Waals surface area contributed by atoms with Gasteiger partial charge in [-0.1, -0.05) is 12.1 Å². The normalized spacial score (nSPS) is 17.1. The molecule has 6 heteroatoms. The molecular weight excluding hydrogens is 310 g/mol. The summed E-state index contributed by atoms with van der Waals surface area (Å²) in [5.41, 5.74) is 1.65. The summed E-state index contributed by atoms with van der Waals surface area (Å²) in [4.78, 5) is 25.5. The zero-order valence-corrected chi connectivity index (χ0v) is 14.3. The summed E-state index contributed by atoms with van der Waals surface area (Å²) in [6.07, 6.45) is 1.81. The molecule has 1 fully saturated rings. The van der Waals surface area contributed by atoms with E-state index in [1.165, 1.54) is 7.11 Å². The van der Waals surface area contributed by atoms with Gasteiger partial charge in [0.1, 0.15) is 6.61 Å². The number of methoxy groups -OCH3 is 2. The minimum atomic E-state index is -0.326. The van der Waals surface area contributed by atoms with Crippen molar-refractivity contribution < 1.29 is 23.8 Å². The maximum Gasteiger partial charge on any atom is 0.337 e. The van der Waals surface area contributed by atoms with Crippen molar-refractivity contribution in [2.45, 2.75) is 12.8 Å². The maximum absolute atomic E-state index is 12.1. The molecule has 0 bridgehead atoms. The third-order valence-corrected chi connectivity index (χ3v) is 4.17. The molecule has 1 aliphatic heterocycles. The van der Waals surface area contributed by atoms with E-state index in [4.69, 9.17) is 14.2 Å². The minimum absolute atomic E-state index is 0.0249. The first-order valence-corrected chi connectivity index (χ1v) is 8.15. The second kappa shape index (κ2) is 9.39. The van der Waals surface area contributed by atoms with E-state index in [1.807, 2.05) is 23.1 Å². The van der Waals surface area contributed by atoms with Gasteiger partial charge in [0, 0.05) is 20.2 Å². The van der Waals surface area contributed by atoms with Crippen molar-refractivity contribution in [3.63, 3.8) is 0 Å². The van der Waals surface area contributed by atoms with Gasteiger partial charge in [-0.15, -0.1) is 0 Å². The predicted octanol–water partition coefficient (Wildman–Crippen LogP) is 1.53. The van der Waals surface area contributed by atoms with Crippen LogP contribution < -0.4 is 0 Å². The van der Waals surface area contributed by atoms with E-state index < -0.39 is 0 Å². The van der Waals surface area contributed by atoms with Crippen LogP contribution in [0.3, 0.4) is 0 Å². The summed E-state index contributed by atoms with van der Waals surface area (Å²) in [5, 5.41) is 0. The van der Waals surface area contributed by atoms with Crippen LogP contribution in [0.2, 0.25) is 0 Å². The molecule has 0 aliphatic carbocycles. The van der Waals surface area contributed by atoms with Crippen molar-refractivity contribution in [3.8, 4) is 0 Å². The number of amides is 1. The molecule has 0 saturated carbocycles. The monoisotopic (exact) mass is 335 g/mol. The van der Waals surface area contributed by atoms with Crippen molar-refractivity contribution in [1.82, 2.24) is 4.90 Å². The number of esters is 1. The Morgan fingerprint density at radius 1 is 1.25 bits per heavy atom. The highest BCUT2D eigenvalue weighted by Crippen LogP contribution is 2.21. The van der Waals surface area contributed by atoms with Crippen molar-refractivity contribution in [3.05, 3.63) is 35.4 Å². The zero-order chi connectivity index (χ0) is 17.4. The number of likely N-dealkylation sites (tertiary alicyclic amines) is 1. The van der Waals surface area contributed by atoms with E-state index in [-0.39, 0.29) is 18.5 Å². The first-order chi connectivity index (χ1) is 11.6. The smallest absolute Gasteiger partial charge is 0.337 e. The van der Waals surface area contributed by atoms with E-state index in [2.05, 4.69) is 0 Å². The highest BCUT2D eigenvalue weighted by atomic mass is 16.5. The molecule has 1 amide bonds. The Bertz CT molecular complexity index is 560. The van der Waals surface area contributed by atoms with Crippen molar-refractivity contribution in [1.29, 1.82) is 0 Å². The third kappa shape index (κ3) is 5.32. The lowest BCUT2D eigenvalue weighted by molar-refractivity contribution is -0.135. The molecule has 1 atom stereocenters. The van der Waals surface area contributed by atoms with Crippen LogP contribution in [0.15, 0.2) is 24.3 Å². The highest BCUT2D eigenvalue weighted by Gasteiger charge is 2.26. The van der Waals surface area contributed by atoms with Crippen LogP contribution in [0.5, 0.6) is 0 Å². The summed E-state index contributed by atoms with van der Waals surface area (Å²) < 4.78 is 14.9. The van der Waals surface area contributed by atoms with Crippen LogP contribution in [0, 0.1) is 5.92 Å². The molecule has 1 unspecified atom stereocenters. The molecule has 1 aromatic rings. The fourth-order valence-corrected chi connectivity index (χ4v) is 2.90. The van der Waals surface area contributed by atoms with Gasteiger partial charge in [0.05, 0.1) is 25.9 Å². The quantitative estimate of drug-likeness (QED) is 0.532. The second-order valence-electron chi connectivity index (χ2n) is 5.94. The number of carbonyl (C=O) groups is 2. The lowest BCUT2D eigenvalue weighted by Crippen LogP contribution is -2.32. The van der Waals surface area contributed by atoms with Gasteiger partial charge in [0.15, 0.2) is 0 Å². The predicted molar refractivity (Wildman–Crippen MR) is 88.9 cm³/mol. The van der Waals surface area contributed by atoms with Crippen LogP contribution >= 0.6 is 0 Å². The van der Waals surface area contributed by atoms with Crippen LogP contribution in [-0.2, 0) is 25.4 Å². The van der Waals surface area contributed by atoms with Crippen LogP contribution in [0.1, 0.15) is 22.3 Å². The molecule has 2 rings (SSSR count). The summed E-state index contributed by atoms with van der Waals surface area (Å²) in [5.74, 6) is 0.103. The zero-order valence-electron chi connectivity index (χ0n) is 14.3. The highest BCUT2D eigenvalue weighted by molar-refractivity contribution is 5.89. The largest absolute Gasteiger partial charge is 0.465 e. The molecule has 1 aromatic carbocycles. The third-order valence-electron chi connectivity index (χ3n) is 4.17. The van der Waals surface area contributed by atoms with E-state index in [1.54, 1.807) is 13.2 Å². The maximum atomic E-state index is 12.1. The number of carbonyl (C=O) groups excluding carboxylic acids is 2. The summed E-state index contributed by atoms with van der Waals surface area (Å²) in [6, 6.07) is 7.48. The van der Waals surface area contributed by atoms with Crippen molar-refractivity contribution >= 4 is 11.9 Å². The minimum Gasteiger partial charge on any atom is -0.465 e. The lowest BCUT2D eigenvalue weighted by Gasteiger charge is -2.16. The molecule has 24 heavy (non-hydrogen) atoms. The molecule has 1 saturated heterocycles. The average Bonchev–Trinajstić information content (AvgIpc) is 3.06. The molecule has 0 radical (unpaired) electrons. The van der Waals surface area contributed by atoms with Crippen molar-refractivity contribution in [2.75, 3.05) is 47.1 Å². The van der Waals surface area contributed by atoms with Gasteiger partial charge in [0.2, 0.25) is 5.91 Å². The molecule has 6 nitrogen and oxygen atoms in total. The lowest BCUT2D eigenvalue weighted by atomic mass is 9.97. The first kappa shape index (κ1) is 18.4. The molecular formula is C18H25NO5. The number of nitrogens with zero attached hydrogens (tertiary/aromatic N) is 1. The Morgan fingerprint density at radius 3 is 2.83 bits per heavy atom. The van der Waals surface area contributed by atoms with Crippen LogP contribution in [0.4, 0.5) is 0 Å². The van der Waals surface area contributed by atoms with Gasteiger partial charge < -0.3 is 19.1 Å². The fraction of sp³-hybridized carbons (Fsp3) is 0.556. The van der Waals surface area contributed by atoms with Gasteiger partial charge in [-0.3, -0.25) is 4.79 Å². The molecule has 1 heterocycles. The van der Waals surface area contributed by atoms with E-state index in [9.17, 15) is 9.59 Å². The number of hydrogen-bond donors (Lipinski definition) is 0. The average molecular weight is 335 g/mol. The topological polar surface area (TPSA) is 65.1 Å². The Morgan fingerprint density at radius 2 is 2.08 bits per heavy atom. The van der Waals surface area contributed by atoms with Crippen LogP contribution in [0.25, 0.3) is 0 Å². The fourth-order valence-electron chi connectivity index (χ4n) is 2.90. The standard InChI is InChI=1S/C18H25NO5/c1-22-8-9-24-13-17(20)19-7-6-15(12-19)10-14-4-3-5-16(11-14)18(21)23-2/h3-5,11,15H,6-10,12-13H2,1-2H3.